The summed E-state index contributed by atoms with van der Waals surface area (Å²) in [7, 11) is 1.99. The Labute approximate surface area is 109 Å². The van der Waals surface area contributed by atoms with E-state index in [-0.39, 0.29) is 0 Å². The third kappa shape index (κ3) is 5.13. The molecule has 3 nitrogen and oxygen atoms in total. The summed E-state index contributed by atoms with van der Waals surface area (Å²) in [5.41, 5.74) is 2.09. The van der Waals surface area contributed by atoms with Crippen molar-refractivity contribution in [1.82, 2.24) is 15.2 Å². The number of unbranched alkanes of at least 4 members (excludes halogenated alkanes) is 1. The average Bonchev–Trinajstić information content (AvgIpc) is 2.29. The summed E-state index contributed by atoms with van der Waals surface area (Å²) < 4.78 is 0. The molecule has 0 aliphatic rings. The number of hydrogen-bond acceptors (Lipinski definition) is 2. The minimum absolute atomic E-state index is 0.750. The van der Waals surface area contributed by atoms with Crippen LogP contribution in [0.15, 0.2) is 18.2 Å². The van der Waals surface area contributed by atoms with Gasteiger partial charge in [0.1, 0.15) is 0 Å². The van der Waals surface area contributed by atoms with Crippen LogP contribution in [0.1, 0.15) is 31.2 Å². The van der Waals surface area contributed by atoms with E-state index >= 15 is 0 Å². The number of nitrogens with zero attached hydrogens (tertiary/aromatic N) is 2. The Balaban J connectivity index is 2.43. The van der Waals surface area contributed by atoms with E-state index < -0.39 is 0 Å². The molecule has 0 fully saturated rings. The molecule has 0 spiro atoms. The van der Waals surface area contributed by atoms with Crippen LogP contribution in [0.3, 0.4) is 0 Å². The largest absolute Gasteiger partial charge is 0.363 e. The van der Waals surface area contributed by atoms with E-state index in [0.717, 1.165) is 36.0 Å². The van der Waals surface area contributed by atoms with Crippen LogP contribution in [-0.2, 0) is 6.54 Å². The topological polar surface area (TPSA) is 28.2 Å². The first kappa shape index (κ1) is 13.9. The van der Waals surface area contributed by atoms with Crippen molar-refractivity contribution in [2.45, 2.75) is 33.2 Å². The van der Waals surface area contributed by atoms with Crippen LogP contribution in [0.4, 0.5) is 0 Å². The SMILES string of the molecule is CCCCNC(=S)N(C)Cc1cccc(C)n1. The lowest BCUT2D eigenvalue weighted by atomic mass is 10.3. The van der Waals surface area contributed by atoms with Crippen LogP contribution in [0, 0.1) is 6.92 Å². The summed E-state index contributed by atoms with van der Waals surface area (Å²) in [5.74, 6) is 0. The molecule has 0 saturated heterocycles. The number of thiocarbonyl (C=S) groups is 1. The highest BCUT2D eigenvalue weighted by molar-refractivity contribution is 7.80. The predicted molar refractivity (Wildman–Crippen MR) is 75.9 cm³/mol. The van der Waals surface area contributed by atoms with E-state index in [0.29, 0.717) is 0 Å². The Hall–Kier alpha value is -1.16. The molecular formula is C13H21N3S. The van der Waals surface area contributed by atoms with E-state index in [2.05, 4.69) is 17.2 Å². The quantitative estimate of drug-likeness (QED) is 0.643. The minimum atomic E-state index is 0.750. The molecule has 0 amide bonds. The summed E-state index contributed by atoms with van der Waals surface area (Å²) in [5, 5.41) is 4.04. The van der Waals surface area contributed by atoms with Gasteiger partial charge in [-0.2, -0.15) is 0 Å². The highest BCUT2D eigenvalue weighted by atomic mass is 32.1. The van der Waals surface area contributed by atoms with Gasteiger partial charge in [0, 0.05) is 19.3 Å². The number of pyridine rings is 1. The molecule has 1 aromatic heterocycles. The van der Waals surface area contributed by atoms with Gasteiger partial charge in [-0.1, -0.05) is 19.4 Å². The molecule has 0 bridgehead atoms. The first-order valence-electron chi connectivity index (χ1n) is 6.05. The fourth-order valence-corrected chi connectivity index (χ4v) is 1.68. The summed E-state index contributed by atoms with van der Waals surface area (Å²) in [6.45, 7) is 5.87. The monoisotopic (exact) mass is 251 g/mol. The molecule has 1 heterocycles. The van der Waals surface area contributed by atoms with Crippen molar-refractivity contribution in [3.05, 3.63) is 29.6 Å². The van der Waals surface area contributed by atoms with Crippen LogP contribution < -0.4 is 5.32 Å². The van der Waals surface area contributed by atoms with Crippen LogP contribution in [-0.4, -0.2) is 28.6 Å². The van der Waals surface area contributed by atoms with Crippen LogP contribution in [0.2, 0.25) is 0 Å². The second kappa shape index (κ2) is 7.22. The van der Waals surface area contributed by atoms with Gasteiger partial charge in [0.25, 0.3) is 0 Å². The van der Waals surface area contributed by atoms with E-state index in [4.69, 9.17) is 12.2 Å². The van der Waals surface area contributed by atoms with Crippen molar-refractivity contribution in [1.29, 1.82) is 0 Å². The maximum atomic E-state index is 5.31. The summed E-state index contributed by atoms with van der Waals surface area (Å²) >= 11 is 5.31. The molecule has 0 atom stereocenters. The fourth-order valence-electron chi connectivity index (χ4n) is 1.51. The fraction of sp³-hybridized carbons (Fsp3) is 0.538. The highest BCUT2D eigenvalue weighted by Gasteiger charge is 2.05. The molecule has 4 heteroatoms. The van der Waals surface area contributed by atoms with E-state index in [1.165, 1.54) is 6.42 Å². The van der Waals surface area contributed by atoms with Gasteiger partial charge in [0.15, 0.2) is 5.11 Å². The average molecular weight is 251 g/mol. The summed E-state index contributed by atoms with van der Waals surface area (Å²) in [6.07, 6.45) is 2.33. The summed E-state index contributed by atoms with van der Waals surface area (Å²) in [4.78, 5) is 6.48. The predicted octanol–water partition coefficient (Wildman–Crippen LogP) is 2.50. The van der Waals surface area contributed by atoms with Gasteiger partial charge in [-0.15, -0.1) is 0 Å². The first-order chi connectivity index (χ1) is 8.13. The highest BCUT2D eigenvalue weighted by Crippen LogP contribution is 2.02. The zero-order valence-corrected chi connectivity index (χ0v) is 11.7. The maximum Gasteiger partial charge on any atom is 0.169 e. The maximum absolute atomic E-state index is 5.31. The van der Waals surface area contributed by atoms with Crippen molar-refractivity contribution in [2.24, 2.45) is 0 Å². The zero-order chi connectivity index (χ0) is 12.7. The molecule has 0 aliphatic heterocycles. The Morgan fingerprint density at radius 1 is 1.47 bits per heavy atom. The van der Waals surface area contributed by atoms with Crippen LogP contribution in [0.5, 0.6) is 0 Å². The Morgan fingerprint density at radius 2 is 2.24 bits per heavy atom. The Kier molecular flexibility index (Phi) is 5.91. The standard InChI is InChI=1S/C13H21N3S/c1-4-5-9-14-13(17)16(3)10-12-8-6-7-11(2)15-12/h6-8H,4-5,9-10H2,1-3H3,(H,14,17). The van der Waals surface area contributed by atoms with Gasteiger partial charge >= 0.3 is 0 Å². The van der Waals surface area contributed by atoms with Crippen LogP contribution in [0.25, 0.3) is 0 Å². The van der Waals surface area contributed by atoms with Crippen molar-refractivity contribution in [3.8, 4) is 0 Å². The molecule has 1 rings (SSSR count). The second-order valence-corrected chi connectivity index (χ2v) is 4.60. The third-order valence-corrected chi connectivity index (χ3v) is 2.95. The van der Waals surface area contributed by atoms with Gasteiger partial charge in [-0.05, 0) is 37.7 Å². The lowest BCUT2D eigenvalue weighted by Crippen LogP contribution is -2.37. The molecule has 0 radical (unpaired) electrons. The smallest absolute Gasteiger partial charge is 0.169 e. The number of aromatic nitrogens is 1. The van der Waals surface area contributed by atoms with E-state index in [9.17, 15) is 0 Å². The molecule has 0 saturated carbocycles. The Bertz CT molecular complexity index is 365. The van der Waals surface area contributed by atoms with Crippen molar-refractivity contribution >= 4 is 17.3 Å². The number of aryl methyl sites for hydroxylation is 1. The second-order valence-electron chi connectivity index (χ2n) is 4.21. The lowest BCUT2D eigenvalue weighted by Gasteiger charge is -2.20. The molecule has 0 aromatic carbocycles. The Morgan fingerprint density at radius 3 is 2.88 bits per heavy atom. The molecule has 1 aromatic rings. The van der Waals surface area contributed by atoms with Crippen molar-refractivity contribution in [2.75, 3.05) is 13.6 Å². The van der Waals surface area contributed by atoms with Crippen molar-refractivity contribution in [3.63, 3.8) is 0 Å². The first-order valence-corrected chi connectivity index (χ1v) is 6.45. The third-order valence-electron chi connectivity index (χ3n) is 2.50. The number of nitrogens with one attached hydrogen (secondary N) is 1. The minimum Gasteiger partial charge on any atom is -0.363 e. The summed E-state index contributed by atoms with van der Waals surface area (Å²) in [6, 6.07) is 6.05. The molecule has 94 valence electrons. The molecule has 0 aliphatic carbocycles. The van der Waals surface area contributed by atoms with Gasteiger partial charge in [0.05, 0.1) is 12.2 Å². The number of hydrogen-bond donors (Lipinski definition) is 1. The van der Waals surface area contributed by atoms with Gasteiger partial charge < -0.3 is 10.2 Å². The van der Waals surface area contributed by atoms with Gasteiger partial charge in [0.2, 0.25) is 0 Å². The normalized spacial score (nSPS) is 10.1. The zero-order valence-electron chi connectivity index (χ0n) is 10.9. The molecule has 0 unspecified atom stereocenters. The molecule has 1 N–H and O–H groups in total. The van der Waals surface area contributed by atoms with E-state index in [1.54, 1.807) is 0 Å². The lowest BCUT2D eigenvalue weighted by molar-refractivity contribution is 0.480. The van der Waals surface area contributed by atoms with Gasteiger partial charge in [-0.25, -0.2) is 0 Å². The molecular weight excluding hydrogens is 230 g/mol. The number of rotatable bonds is 5. The van der Waals surface area contributed by atoms with Crippen molar-refractivity contribution < 1.29 is 0 Å². The van der Waals surface area contributed by atoms with Gasteiger partial charge in [-0.3, -0.25) is 4.98 Å². The van der Waals surface area contributed by atoms with Crippen LogP contribution >= 0.6 is 12.2 Å². The molecule has 17 heavy (non-hydrogen) atoms. The van der Waals surface area contributed by atoms with E-state index in [1.807, 2.05) is 37.1 Å².